The first kappa shape index (κ1) is 19.3. The van der Waals surface area contributed by atoms with E-state index in [4.69, 9.17) is 13.8 Å². The van der Waals surface area contributed by atoms with Crippen LogP contribution >= 0.6 is 19.8 Å². The van der Waals surface area contributed by atoms with Gasteiger partial charge in [0.15, 0.2) is 0 Å². The average Bonchev–Trinajstić information content (AvgIpc) is 3.60. The van der Waals surface area contributed by atoms with E-state index in [2.05, 4.69) is 73.8 Å². The van der Waals surface area contributed by atoms with Gasteiger partial charge in [-0.05, 0) is 6.07 Å². The van der Waals surface area contributed by atoms with E-state index in [0.29, 0.717) is 0 Å². The molecule has 2 aliphatic heterocycles. The van der Waals surface area contributed by atoms with Gasteiger partial charge in [-0.15, -0.1) is 0 Å². The number of benzene rings is 4. The molecule has 166 valence electrons. The van der Waals surface area contributed by atoms with Crippen LogP contribution in [0.3, 0.4) is 0 Å². The number of fused-ring (bicyclic) bond motifs is 7. The fourth-order valence-corrected chi connectivity index (χ4v) is 8.46. The normalized spacial score (nSPS) is 15.9. The first-order chi connectivity index (χ1) is 17.3. The van der Waals surface area contributed by atoms with Gasteiger partial charge in [-0.2, -0.15) is 0 Å². The summed E-state index contributed by atoms with van der Waals surface area (Å²) in [6.07, 6.45) is 3.81. The number of aliphatic imine (C=N–C) groups is 2. The molecular formula is C30H17IN2O2. The van der Waals surface area contributed by atoms with E-state index in [1.54, 1.807) is 0 Å². The van der Waals surface area contributed by atoms with Crippen molar-refractivity contribution in [3.05, 3.63) is 98.8 Å². The van der Waals surface area contributed by atoms with E-state index in [1.165, 1.54) is 5.56 Å². The van der Waals surface area contributed by atoms with Crippen LogP contribution in [-0.2, 0) is 0 Å². The number of halogens is 1. The molecule has 0 spiro atoms. The Labute approximate surface area is 207 Å². The Morgan fingerprint density at radius 2 is 1.29 bits per heavy atom. The number of hydrogen-bond donors (Lipinski definition) is 0. The number of para-hydroxylation sites is 1. The van der Waals surface area contributed by atoms with Gasteiger partial charge in [0.2, 0.25) is 0 Å². The van der Waals surface area contributed by atoms with Crippen molar-refractivity contribution in [1.82, 2.24) is 0 Å². The molecule has 0 saturated carbocycles. The standard InChI is InChI=1S/C30H17IN2O2/c1-2-4-26-21(3-1)23-14-29-24(15-28(23)34-26)22-13-20(9-10-27(22)35-29)18-5-7-19(8-6-18)25-16-31-11-12-32-17-30(31)33-25/h1-17H. The van der Waals surface area contributed by atoms with Crippen molar-refractivity contribution < 1.29 is 8.83 Å². The van der Waals surface area contributed by atoms with E-state index >= 15 is 0 Å². The molecule has 8 rings (SSSR count). The first-order valence-corrected chi connectivity index (χ1v) is 14.9. The van der Waals surface area contributed by atoms with Gasteiger partial charge in [0.05, 0.1) is 0 Å². The van der Waals surface area contributed by atoms with Gasteiger partial charge < -0.3 is 4.42 Å². The molecule has 6 aromatic rings. The van der Waals surface area contributed by atoms with Crippen molar-refractivity contribution in [2.45, 2.75) is 0 Å². The van der Waals surface area contributed by atoms with Crippen molar-refractivity contribution in [2.75, 3.05) is 0 Å². The third-order valence-electron chi connectivity index (χ3n) is 6.61. The molecule has 4 nitrogen and oxygen atoms in total. The van der Waals surface area contributed by atoms with Crippen molar-refractivity contribution >= 4 is 79.3 Å². The van der Waals surface area contributed by atoms with Crippen LogP contribution in [0.4, 0.5) is 0 Å². The minimum absolute atomic E-state index is 0.877. The summed E-state index contributed by atoms with van der Waals surface area (Å²) in [6.45, 7) is 0. The Kier molecular flexibility index (Phi) is 4.01. The monoisotopic (exact) mass is 564 g/mol. The van der Waals surface area contributed by atoms with E-state index in [9.17, 15) is 0 Å². The third-order valence-corrected chi connectivity index (χ3v) is 10.8. The van der Waals surface area contributed by atoms with Crippen LogP contribution in [0.15, 0.2) is 112 Å². The molecule has 0 saturated heterocycles. The molecular weight excluding hydrogens is 547 g/mol. The van der Waals surface area contributed by atoms with Gasteiger partial charge in [0, 0.05) is 10.8 Å². The van der Waals surface area contributed by atoms with Crippen molar-refractivity contribution in [1.29, 1.82) is 0 Å². The van der Waals surface area contributed by atoms with Crippen LogP contribution in [0.1, 0.15) is 5.56 Å². The average molecular weight is 564 g/mol. The first-order valence-electron chi connectivity index (χ1n) is 11.4. The Bertz CT molecular complexity index is 1950. The predicted octanol–water partition coefficient (Wildman–Crippen LogP) is 8.92. The van der Waals surface area contributed by atoms with Crippen LogP contribution in [0.2, 0.25) is 0 Å². The Hall–Kier alpha value is -3.97. The van der Waals surface area contributed by atoms with Crippen LogP contribution in [-0.4, -0.2) is 9.93 Å². The molecule has 0 radical (unpaired) electrons. The molecule has 0 N–H and O–H groups in total. The number of hydrogen-bond acceptors (Lipinski definition) is 4. The SMILES string of the molecule is C1=CI2C=C(c3ccc(-c4ccc5oc6cc7c(cc6c5c4)oc4ccccc47)cc3)N=C2C=N1. The molecule has 2 aromatic heterocycles. The summed E-state index contributed by atoms with van der Waals surface area (Å²) in [5, 5.41) is 4.35. The van der Waals surface area contributed by atoms with Gasteiger partial charge in [-0.25, -0.2) is 0 Å². The number of nitrogens with zero attached hydrogens (tertiary/aromatic N) is 2. The van der Waals surface area contributed by atoms with Gasteiger partial charge in [0.1, 0.15) is 5.58 Å². The maximum atomic E-state index is 6.23. The Morgan fingerprint density at radius 1 is 0.600 bits per heavy atom. The Morgan fingerprint density at radius 3 is 2.11 bits per heavy atom. The van der Waals surface area contributed by atoms with Crippen molar-refractivity contribution in [3.8, 4) is 11.1 Å². The van der Waals surface area contributed by atoms with Gasteiger partial charge in [0.25, 0.3) is 0 Å². The number of rotatable bonds is 2. The van der Waals surface area contributed by atoms with Crippen molar-refractivity contribution in [3.63, 3.8) is 0 Å². The summed E-state index contributed by atoms with van der Waals surface area (Å²) in [5.74, 6) is 0. The van der Waals surface area contributed by atoms with Gasteiger partial charge >= 0.3 is 163 Å². The molecule has 35 heavy (non-hydrogen) atoms. The van der Waals surface area contributed by atoms with Crippen LogP contribution < -0.4 is 0 Å². The molecule has 5 heteroatoms. The summed E-state index contributed by atoms with van der Waals surface area (Å²) in [5.41, 5.74) is 8.08. The quantitative estimate of drug-likeness (QED) is 0.197. The van der Waals surface area contributed by atoms with Crippen LogP contribution in [0.5, 0.6) is 0 Å². The summed E-state index contributed by atoms with van der Waals surface area (Å²) in [6, 6.07) is 27.4. The fraction of sp³-hybridized carbons (Fsp3) is 0. The van der Waals surface area contributed by atoms with Gasteiger partial charge in [-0.3, -0.25) is 0 Å². The second-order valence-electron chi connectivity index (χ2n) is 8.66. The number of furan rings is 2. The predicted molar refractivity (Wildman–Crippen MR) is 153 cm³/mol. The fourth-order valence-electron chi connectivity index (χ4n) is 4.87. The zero-order valence-corrected chi connectivity index (χ0v) is 20.6. The van der Waals surface area contributed by atoms with E-state index in [1.807, 2.05) is 30.6 Å². The summed E-state index contributed by atoms with van der Waals surface area (Å²) in [7, 11) is 0. The zero-order chi connectivity index (χ0) is 22.9. The molecule has 4 heterocycles. The Balaban J connectivity index is 1.21. The molecule has 0 bridgehead atoms. The van der Waals surface area contributed by atoms with E-state index in [0.717, 1.165) is 64.4 Å². The zero-order valence-electron chi connectivity index (χ0n) is 18.4. The molecule has 0 unspecified atom stereocenters. The minimum atomic E-state index is -1.41. The molecule has 0 fully saturated rings. The third kappa shape index (κ3) is 2.98. The maximum absolute atomic E-state index is 6.23. The second kappa shape index (κ2) is 7.26. The topological polar surface area (TPSA) is 51.0 Å². The summed E-state index contributed by atoms with van der Waals surface area (Å²) >= 11 is -1.41. The van der Waals surface area contributed by atoms with Crippen LogP contribution in [0, 0.1) is 0 Å². The molecule has 4 aromatic carbocycles. The van der Waals surface area contributed by atoms with Crippen molar-refractivity contribution in [2.24, 2.45) is 9.98 Å². The van der Waals surface area contributed by atoms with Crippen LogP contribution in [0.25, 0.3) is 60.7 Å². The molecule has 0 aliphatic carbocycles. The summed E-state index contributed by atoms with van der Waals surface area (Å²) < 4.78 is 18.1. The second-order valence-corrected chi connectivity index (χ2v) is 13.1. The summed E-state index contributed by atoms with van der Waals surface area (Å²) in [4.78, 5) is 9.04. The van der Waals surface area contributed by atoms with Gasteiger partial charge in [-0.1, -0.05) is 18.2 Å². The van der Waals surface area contributed by atoms with E-state index in [-0.39, 0.29) is 0 Å². The molecule has 2 aliphatic rings. The molecule has 0 amide bonds. The van der Waals surface area contributed by atoms with E-state index < -0.39 is 19.8 Å². The molecule has 0 atom stereocenters.